The predicted octanol–water partition coefficient (Wildman–Crippen LogP) is 4.31. The monoisotopic (exact) mass is 393 g/mol. The minimum Gasteiger partial charge on any atom is -0.497 e. The Bertz CT molecular complexity index is 959. The Morgan fingerprint density at radius 1 is 1.12 bits per heavy atom. The van der Waals surface area contributed by atoms with Crippen LogP contribution in [0.4, 0.5) is 5.82 Å². The second-order valence-corrected chi connectivity index (χ2v) is 5.89. The lowest BCUT2D eigenvalue weighted by molar-refractivity contribution is 0.101. The Morgan fingerprint density at radius 3 is 2.62 bits per heavy atom. The van der Waals surface area contributed by atoms with Crippen LogP contribution in [0.15, 0.2) is 41.1 Å². The number of nitrogens with zero attached hydrogens (tertiary/aromatic N) is 2. The number of benzene rings is 1. The molecular weight excluding hydrogens is 381 g/mol. The number of hydrogen-bond donors (Lipinski definition) is 1. The molecule has 0 unspecified atom stereocenters. The van der Waals surface area contributed by atoms with Gasteiger partial charge in [0, 0.05) is 18.3 Å². The van der Waals surface area contributed by atoms with Crippen LogP contribution in [0.25, 0.3) is 11.3 Å². The average Bonchev–Trinajstić information content (AvgIpc) is 3.14. The standard InChI is InChI=1S/C17H13Cl2N3O4/c1-24-9-3-4-14(25-2)10(5-9)15-7-13(22-26-15)17(23)21-16-6-11(18)12(19)8-20-16/h3-8H,1-2H3,(H,20,21,23). The second kappa shape index (κ2) is 7.63. The van der Waals surface area contributed by atoms with Crippen LogP contribution in [-0.4, -0.2) is 30.3 Å². The van der Waals surface area contributed by atoms with Crippen molar-refractivity contribution < 1.29 is 18.8 Å². The lowest BCUT2D eigenvalue weighted by atomic mass is 10.1. The van der Waals surface area contributed by atoms with E-state index < -0.39 is 5.91 Å². The molecule has 0 bridgehead atoms. The van der Waals surface area contributed by atoms with Gasteiger partial charge in [0.05, 0.1) is 29.8 Å². The number of methoxy groups -OCH3 is 2. The maximum Gasteiger partial charge on any atom is 0.279 e. The Labute approximate surface area is 158 Å². The molecule has 2 heterocycles. The van der Waals surface area contributed by atoms with Crippen molar-refractivity contribution in [1.29, 1.82) is 0 Å². The Kier molecular flexibility index (Phi) is 5.29. The van der Waals surface area contributed by atoms with Crippen molar-refractivity contribution in [3.05, 3.63) is 52.3 Å². The van der Waals surface area contributed by atoms with E-state index in [0.717, 1.165) is 0 Å². The van der Waals surface area contributed by atoms with E-state index in [1.807, 2.05) is 0 Å². The number of ether oxygens (including phenoxy) is 2. The molecule has 1 N–H and O–H groups in total. The van der Waals surface area contributed by atoms with Gasteiger partial charge in [0.15, 0.2) is 11.5 Å². The van der Waals surface area contributed by atoms with Crippen LogP contribution in [0.3, 0.4) is 0 Å². The van der Waals surface area contributed by atoms with Gasteiger partial charge in [-0.05, 0) is 18.2 Å². The number of hydrogen-bond acceptors (Lipinski definition) is 6. The van der Waals surface area contributed by atoms with Gasteiger partial charge in [-0.2, -0.15) is 0 Å². The Balaban J connectivity index is 1.85. The summed E-state index contributed by atoms with van der Waals surface area (Å²) in [4.78, 5) is 16.3. The third-order valence-corrected chi connectivity index (χ3v) is 4.18. The largest absolute Gasteiger partial charge is 0.497 e. The number of nitrogens with one attached hydrogen (secondary N) is 1. The molecular formula is C17H13Cl2N3O4. The van der Waals surface area contributed by atoms with E-state index in [4.69, 9.17) is 37.2 Å². The van der Waals surface area contributed by atoms with E-state index in [2.05, 4.69) is 15.5 Å². The highest BCUT2D eigenvalue weighted by atomic mass is 35.5. The third-order valence-electron chi connectivity index (χ3n) is 3.47. The number of carbonyl (C=O) groups is 1. The van der Waals surface area contributed by atoms with Gasteiger partial charge < -0.3 is 19.3 Å². The zero-order valence-electron chi connectivity index (χ0n) is 13.7. The summed E-state index contributed by atoms with van der Waals surface area (Å²) in [5.41, 5.74) is 0.670. The van der Waals surface area contributed by atoms with Crippen LogP contribution in [0.2, 0.25) is 10.0 Å². The Morgan fingerprint density at radius 2 is 1.92 bits per heavy atom. The quantitative estimate of drug-likeness (QED) is 0.694. The molecule has 0 radical (unpaired) electrons. The number of amides is 1. The maximum absolute atomic E-state index is 12.3. The lowest BCUT2D eigenvalue weighted by Gasteiger charge is -2.07. The van der Waals surface area contributed by atoms with Gasteiger partial charge >= 0.3 is 0 Å². The molecule has 0 atom stereocenters. The first-order chi connectivity index (χ1) is 12.5. The van der Waals surface area contributed by atoms with E-state index in [0.29, 0.717) is 27.8 Å². The summed E-state index contributed by atoms with van der Waals surface area (Å²) in [6.45, 7) is 0. The van der Waals surface area contributed by atoms with E-state index in [1.54, 1.807) is 25.3 Å². The molecule has 0 fully saturated rings. The van der Waals surface area contributed by atoms with Crippen molar-refractivity contribution >= 4 is 34.9 Å². The number of pyridine rings is 1. The molecule has 134 valence electrons. The summed E-state index contributed by atoms with van der Waals surface area (Å²) in [6, 6.07) is 8.14. The summed E-state index contributed by atoms with van der Waals surface area (Å²) in [6.07, 6.45) is 1.34. The van der Waals surface area contributed by atoms with Crippen LogP contribution < -0.4 is 14.8 Å². The second-order valence-electron chi connectivity index (χ2n) is 5.08. The smallest absolute Gasteiger partial charge is 0.279 e. The van der Waals surface area contributed by atoms with Crippen molar-refractivity contribution in [3.8, 4) is 22.8 Å². The highest BCUT2D eigenvalue weighted by Crippen LogP contribution is 2.33. The van der Waals surface area contributed by atoms with Crippen molar-refractivity contribution in [1.82, 2.24) is 10.1 Å². The normalized spacial score (nSPS) is 10.5. The zero-order chi connectivity index (χ0) is 18.7. The minimum atomic E-state index is -0.507. The van der Waals surface area contributed by atoms with Gasteiger partial charge in [0.25, 0.3) is 5.91 Å². The van der Waals surface area contributed by atoms with E-state index in [1.165, 1.54) is 25.4 Å². The summed E-state index contributed by atoms with van der Waals surface area (Å²) in [7, 11) is 3.08. The van der Waals surface area contributed by atoms with Crippen LogP contribution in [0.1, 0.15) is 10.5 Å². The lowest BCUT2D eigenvalue weighted by Crippen LogP contribution is -2.13. The fraction of sp³-hybridized carbons (Fsp3) is 0.118. The minimum absolute atomic E-state index is 0.0674. The van der Waals surface area contributed by atoms with Crippen molar-refractivity contribution in [2.45, 2.75) is 0 Å². The zero-order valence-corrected chi connectivity index (χ0v) is 15.3. The van der Waals surface area contributed by atoms with Gasteiger partial charge in [0.1, 0.15) is 17.3 Å². The highest BCUT2D eigenvalue weighted by Gasteiger charge is 2.18. The molecule has 9 heteroatoms. The Hall–Kier alpha value is -2.77. The summed E-state index contributed by atoms with van der Waals surface area (Å²) in [5, 5.41) is 6.93. The molecule has 0 aliphatic rings. The van der Waals surface area contributed by atoms with Crippen LogP contribution in [0, 0.1) is 0 Å². The van der Waals surface area contributed by atoms with Crippen LogP contribution in [0.5, 0.6) is 11.5 Å². The third kappa shape index (κ3) is 3.74. The van der Waals surface area contributed by atoms with Gasteiger partial charge in [-0.25, -0.2) is 4.98 Å². The molecule has 1 amide bonds. The molecule has 3 rings (SSSR count). The molecule has 0 saturated carbocycles. The molecule has 0 spiro atoms. The van der Waals surface area contributed by atoms with Crippen LogP contribution >= 0.6 is 23.2 Å². The predicted molar refractivity (Wildman–Crippen MR) is 97.3 cm³/mol. The van der Waals surface area contributed by atoms with Gasteiger partial charge in [0.2, 0.25) is 0 Å². The number of carbonyl (C=O) groups excluding carboxylic acids is 1. The fourth-order valence-corrected chi connectivity index (χ4v) is 2.43. The molecule has 0 aliphatic heterocycles. The molecule has 1 aromatic carbocycles. The van der Waals surface area contributed by atoms with Gasteiger partial charge in [-0.15, -0.1) is 0 Å². The van der Waals surface area contributed by atoms with E-state index in [9.17, 15) is 4.79 Å². The highest BCUT2D eigenvalue weighted by molar-refractivity contribution is 6.42. The number of anilines is 1. The first-order valence-corrected chi connectivity index (χ1v) is 8.09. The summed E-state index contributed by atoms with van der Waals surface area (Å²) >= 11 is 11.7. The van der Waals surface area contributed by atoms with Gasteiger partial charge in [-0.1, -0.05) is 28.4 Å². The molecule has 0 saturated heterocycles. The van der Waals surface area contributed by atoms with Crippen molar-refractivity contribution in [2.24, 2.45) is 0 Å². The SMILES string of the molecule is COc1ccc(OC)c(-c2cc(C(=O)Nc3cc(Cl)c(Cl)cn3)no2)c1. The molecule has 2 aromatic heterocycles. The van der Waals surface area contributed by atoms with E-state index in [-0.39, 0.29) is 16.5 Å². The molecule has 3 aromatic rings. The molecule has 0 aliphatic carbocycles. The maximum atomic E-state index is 12.3. The average molecular weight is 394 g/mol. The molecule has 7 nitrogen and oxygen atoms in total. The van der Waals surface area contributed by atoms with E-state index >= 15 is 0 Å². The number of rotatable bonds is 5. The van der Waals surface area contributed by atoms with Crippen LogP contribution in [-0.2, 0) is 0 Å². The fourth-order valence-electron chi connectivity index (χ4n) is 2.18. The molecule has 26 heavy (non-hydrogen) atoms. The van der Waals surface area contributed by atoms with Crippen molar-refractivity contribution in [2.75, 3.05) is 19.5 Å². The van der Waals surface area contributed by atoms with Crippen molar-refractivity contribution in [3.63, 3.8) is 0 Å². The first kappa shape index (κ1) is 18.0. The number of aromatic nitrogens is 2. The number of halogens is 2. The summed E-state index contributed by atoms with van der Waals surface area (Å²) < 4.78 is 15.8. The first-order valence-electron chi connectivity index (χ1n) is 7.33. The topological polar surface area (TPSA) is 86.5 Å². The van der Waals surface area contributed by atoms with Gasteiger partial charge in [-0.3, -0.25) is 4.79 Å². The summed E-state index contributed by atoms with van der Waals surface area (Å²) in [5.74, 6) is 1.26.